The molecule has 0 unspecified atom stereocenters. The monoisotopic (exact) mass is 408 g/mol. The van der Waals surface area contributed by atoms with Crippen LogP contribution in [0.3, 0.4) is 0 Å². The lowest BCUT2D eigenvalue weighted by atomic mass is 10.2. The zero-order valence-electron chi connectivity index (χ0n) is 13.7. The zero-order chi connectivity index (χ0) is 18.3. The summed E-state index contributed by atoms with van der Waals surface area (Å²) in [6, 6.07) is 10.6. The van der Waals surface area contributed by atoms with Crippen molar-refractivity contribution in [3.05, 3.63) is 52.0 Å². The highest BCUT2D eigenvalue weighted by Gasteiger charge is 2.33. The van der Waals surface area contributed by atoms with Crippen LogP contribution in [0.5, 0.6) is 5.75 Å². The number of hydrogen-bond donors (Lipinski definition) is 0. The molecule has 1 fully saturated rings. The molecule has 2 heterocycles. The van der Waals surface area contributed by atoms with Crippen LogP contribution in [0.2, 0.25) is 10.0 Å². The van der Waals surface area contributed by atoms with Gasteiger partial charge in [0.1, 0.15) is 17.4 Å². The van der Waals surface area contributed by atoms with Crippen molar-refractivity contribution in [1.29, 1.82) is 0 Å². The number of carbonyl (C=O) groups excluding carboxylic acids is 1. The van der Waals surface area contributed by atoms with Crippen molar-refractivity contribution >= 4 is 55.9 Å². The number of carbonyl (C=O) groups is 1. The Morgan fingerprint density at radius 2 is 2.08 bits per heavy atom. The van der Waals surface area contributed by atoms with E-state index in [4.69, 9.17) is 32.7 Å². The minimum absolute atomic E-state index is 0.202. The SMILES string of the molecule is COc1cccc2sc(N3CC(OC(=O)c4cc(Cl)ccc4Cl)C3)nc12. The minimum atomic E-state index is -0.465. The molecule has 4 rings (SSSR count). The fourth-order valence-electron chi connectivity index (χ4n) is 2.75. The molecule has 134 valence electrons. The second-order valence-electron chi connectivity index (χ2n) is 5.86. The van der Waals surface area contributed by atoms with Gasteiger partial charge in [0.2, 0.25) is 0 Å². The van der Waals surface area contributed by atoms with Crippen LogP contribution in [0, 0.1) is 0 Å². The van der Waals surface area contributed by atoms with Crippen molar-refractivity contribution in [2.24, 2.45) is 0 Å². The van der Waals surface area contributed by atoms with Gasteiger partial charge in [-0.15, -0.1) is 0 Å². The third-order valence-corrected chi connectivity index (χ3v) is 5.78. The number of benzene rings is 2. The molecule has 2 aromatic carbocycles. The van der Waals surface area contributed by atoms with Gasteiger partial charge in [-0.2, -0.15) is 0 Å². The third kappa shape index (κ3) is 3.20. The van der Waals surface area contributed by atoms with Crippen LogP contribution in [-0.4, -0.2) is 37.3 Å². The number of thiazole rings is 1. The van der Waals surface area contributed by atoms with E-state index < -0.39 is 5.97 Å². The number of halogens is 2. The Morgan fingerprint density at radius 1 is 1.27 bits per heavy atom. The van der Waals surface area contributed by atoms with Crippen molar-refractivity contribution in [1.82, 2.24) is 4.98 Å². The molecule has 0 saturated carbocycles. The summed E-state index contributed by atoms with van der Waals surface area (Å²) >= 11 is 13.6. The minimum Gasteiger partial charge on any atom is -0.494 e. The first-order valence-electron chi connectivity index (χ1n) is 7.89. The number of esters is 1. The van der Waals surface area contributed by atoms with Crippen molar-refractivity contribution in [3.63, 3.8) is 0 Å². The molecule has 0 atom stereocenters. The molecule has 1 aromatic heterocycles. The summed E-state index contributed by atoms with van der Waals surface area (Å²) in [5.74, 6) is 0.289. The summed E-state index contributed by atoms with van der Waals surface area (Å²) < 4.78 is 11.9. The molecule has 3 aromatic rings. The maximum Gasteiger partial charge on any atom is 0.340 e. The normalized spacial score (nSPS) is 14.3. The Morgan fingerprint density at radius 3 is 2.85 bits per heavy atom. The molecule has 1 saturated heterocycles. The fraction of sp³-hybridized carbons (Fsp3) is 0.222. The van der Waals surface area contributed by atoms with Gasteiger partial charge in [0.15, 0.2) is 5.13 Å². The first-order chi connectivity index (χ1) is 12.5. The molecule has 0 amide bonds. The van der Waals surface area contributed by atoms with Gasteiger partial charge in [-0.3, -0.25) is 0 Å². The number of ether oxygens (including phenoxy) is 2. The second-order valence-corrected chi connectivity index (χ2v) is 7.71. The quantitative estimate of drug-likeness (QED) is 0.587. The number of aromatic nitrogens is 1. The van der Waals surface area contributed by atoms with Crippen molar-refractivity contribution in [2.45, 2.75) is 6.10 Å². The van der Waals surface area contributed by atoms with Crippen molar-refractivity contribution < 1.29 is 14.3 Å². The van der Waals surface area contributed by atoms with Gasteiger partial charge in [0, 0.05) is 5.02 Å². The lowest BCUT2D eigenvalue weighted by molar-refractivity contribution is 0.0234. The Labute approximate surface area is 164 Å². The highest BCUT2D eigenvalue weighted by molar-refractivity contribution is 7.22. The van der Waals surface area contributed by atoms with Crippen LogP contribution >= 0.6 is 34.5 Å². The van der Waals surface area contributed by atoms with E-state index in [1.165, 1.54) is 6.07 Å². The van der Waals surface area contributed by atoms with Crippen molar-refractivity contribution in [3.8, 4) is 5.75 Å². The van der Waals surface area contributed by atoms with Crippen LogP contribution in [0.1, 0.15) is 10.4 Å². The van der Waals surface area contributed by atoms with Gasteiger partial charge < -0.3 is 14.4 Å². The molecule has 0 aliphatic carbocycles. The molecular weight excluding hydrogens is 395 g/mol. The molecule has 1 aliphatic rings. The first-order valence-corrected chi connectivity index (χ1v) is 9.47. The van der Waals surface area contributed by atoms with E-state index in [1.54, 1.807) is 30.6 Å². The maximum absolute atomic E-state index is 12.3. The average Bonchev–Trinajstić information content (AvgIpc) is 3.03. The lowest BCUT2D eigenvalue weighted by Gasteiger charge is -2.38. The van der Waals surface area contributed by atoms with E-state index in [9.17, 15) is 4.79 Å². The molecule has 0 radical (unpaired) electrons. The van der Waals surface area contributed by atoms with Crippen molar-refractivity contribution in [2.75, 3.05) is 25.1 Å². The van der Waals surface area contributed by atoms with Gasteiger partial charge in [-0.25, -0.2) is 9.78 Å². The lowest BCUT2D eigenvalue weighted by Crippen LogP contribution is -2.53. The van der Waals surface area contributed by atoms with Crippen LogP contribution < -0.4 is 9.64 Å². The Kier molecular flexibility index (Phi) is 4.65. The number of hydrogen-bond acceptors (Lipinski definition) is 6. The topological polar surface area (TPSA) is 51.7 Å². The molecule has 0 bridgehead atoms. The summed E-state index contributed by atoms with van der Waals surface area (Å²) in [6.45, 7) is 1.18. The number of para-hydroxylation sites is 1. The van der Waals surface area contributed by atoms with E-state index in [0.29, 0.717) is 23.1 Å². The van der Waals surface area contributed by atoms with Gasteiger partial charge in [-0.05, 0) is 30.3 Å². The summed E-state index contributed by atoms with van der Waals surface area (Å²) in [6.07, 6.45) is -0.202. The summed E-state index contributed by atoms with van der Waals surface area (Å²) in [4.78, 5) is 19.0. The number of nitrogens with zero attached hydrogens (tertiary/aromatic N) is 2. The average molecular weight is 409 g/mol. The molecule has 26 heavy (non-hydrogen) atoms. The van der Waals surface area contributed by atoms with E-state index in [-0.39, 0.29) is 11.7 Å². The molecule has 8 heteroatoms. The van der Waals surface area contributed by atoms with E-state index in [0.717, 1.165) is 21.1 Å². The Balaban J connectivity index is 1.43. The van der Waals surface area contributed by atoms with Gasteiger partial charge >= 0.3 is 5.97 Å². The second kappa shape index (κ2) is 6.95. The van der Waals surface area contributed by atoms with Gasteiger partial charge in [-0.1, -0.05) is 40.6 Å². The Bertz CT molecular complexity index is 986. The number of fused-ring (bicyclic) bond motifs is 1. The third-order valence-electron chi connectivity index (χ3n) is 4.13. The number of methoxy groups -OCH3 is 1. The molecule has 1 aliphatic heterocycles. The van der Waals surface area contributed by atoms with Gasteiger partial charge in [0.25, 0.3) is 0 Å². The first kappa shape index (κ1) is 17.4. The van der Waals surface area contributed by atoms with Crippen LogP contribution in [-0.2, 0) is 4.74 Å². The standard InChI is InChI=1S/C18H14Cl2N2O3S/c1-24-14-3-2-4-15-16(14)21-18(26-15)22-8-11(9-22)25-17(23)12-7-10(19)5-6-13(12)20/h2-7,11H,8-9H2,1H3. The summed E-state index contributed by atoms with van der Waals surface area (Å²) in [5, 5.41) is 1.66. The molecule has 5 nitrogen and oxygen atoms in total. The highest BCUT2D eigenvalue weighted by Crippen LogP contribution is 2.36. The smallest absolute Gasteiger partial charge is 0.340 e. The number of rotatable bonds is 4. The highest BCUT2D eigenvalue weighted by atomic mass is 35.5. The van der Waals surface area contributed by atoms with Crippen LogP contribution in [0.25, 0.3) is 10.2 Å². The van der Waals surface area contributed by atoms with E-state index in [1.807, 2.05) is 18.2 Å². The zero-order valence-corrected chi connectivity index (χ0v) is 16.1. The van der Waals surface area contributed by atoms with E-state index >= 15 is 0 Å². The molecular formula is C18H14Cl2N2O3S. The number of anilines is 1. The maximum atomic E-state index is 12.3. The van der Waals surface area contributed by atoms with Crippen LogP contribution in [0.15, 0.2) is 36.4 Å². The predicted molar refractivity (Wildman–Crippen MR) is 104 cm³/mol. The largest absolute Gasteiger partial charge is 0.494 e. The van der Waals surface area contributed by atoms with Gasteiger partial charge in [0.05, 0.1) is 35.5 Å². The van der Waals surface area contributed by atoms with E-state index in [2.05, 4.69) is 9.88 Å². The summed E-state index contributed by atoms with van der Waals surface area (Å²) in [7, 11) is 1.63. The fourth-order valence-corrected chi connectivity index (χ4v) is 4.12. The molecule has 0 spiro atoms. The summed E-state index contributed by atoms with van der Waals surface area (Å²) in [5.41, 5.74) is 1.13. The predicted octanol–water partition coefficient (Wildman–Crippen LogP) is 4.66. The molecule has 0 N–H and O–H groups in total. The van der Waals surface area contributed by atoms with Crippen LogP contribution in [0.4, 0.5) is 5.13 Å². The Hall–Kier alpha value is -2.02.